The molecule has 0 spiro atoms. The molecular formula is C14H22N2O3. The zero-order chi connectivity index (χ0) is 13.8. The number of carboxylic acid groups (broad SMARTS) is 1. The maximum absolute atomic E-state index is 11.9. The highest BCUT2D eigenvalue weighted by Gasteiger charge is 2.27. The molecule has 0 radical (unpaired) electrons. The Labute approximate surface area is 113 Å². The van der Waals surface area contributed by atoms with Crippen LogP contribution >= 0.6 is 0 Å². The number of carbonyl (C=O) groups excluding carboxylic acids is 1. The average molecular weight is 266 g/mol. The SMILES string of the molecule is CC1CCCCC1NC(=O)NC1C=CC(C(=O)O)C1. The van der Waals surface area contributed by atoms with Gasteiger partial charge in [0.2, 0.25) is 0 Å². The van der Waals surface area contributed by atoms with E-state index in [9.17, 15) is 9.59 Å². The van der Waals surface area contributed by atoms with Crippen LogP contribution in [0.2, 0.25) is 0 Å². The van der Waals surface area contributed by atoms with Crippen molar-refractivity contribution in [1.82, 2.24) is 10.6 Å². The lowest BCUT2D eigenvalue weighted by Gasteiger charge is -2.30. The molecular weight excluding hydrogens is 244 g/mol. The Bertz CT molecular complexity index is 381. The van der Waals surface area contributed by atoms with Crippen molar-refractivity contribution >= 4 is 12.0 Å². The molecule has 3 N–H and O–H groups in total. The fourth-order valence-corrected chi connectivity index (χ4v) is 2.90. The van der Waals surface area contributed by atoms with E-state index in [0.29, 0.717) is 12.3 Å². The predicted octanol–water partition coefficient (Wildman–Crippen LogP) is 1.89. The molecule has 0 bridgehead atoms. The number of carboxylic acids is 1. The van der Waals surface area contributed by atoms with E-state index in [0.717, 1.165) is 12.8 Å². The number of aliphatic carboxylic acids is 1. The van der Waals surface area contributed by atoms with E-state index >= 15 is 0 Å². The minimum absolute atomic E-state index is 0.167. The molecule has 2 aliphatic carbocycles. The molecule has 2 amide bonds. The van der Waals surface area contributed by atoms with E-state index in [-0.39, 0.29) is 18.1 Å². The number of nitrogens with one attached hydrogen (secondary N) is 2. The third-order valence-corrected chi connectivity index (χ3v) is 4.15. The number of urea groups is 1. The lowest BCUT2D eigenvalue weighted by molar-refractivity contribution is -0.140. The molecule has 19 heavy (non-hydrogen) atoms. The van der Waals surface area contributed by atoms with Crippen molar-refractivity contribution in [3.05, 3.63) is 12.2 Å². The zero-order valence-electron chi connectivity index (χ0n) is 11.3. The van der Waals surface area contributed by atoms with Gasteiger partial charge in [0.25, 0.3) is 0 Å². The van der Waals surface area contributed by atoms with Gasteiger partial charge in [-0.2, -0.15) is 0 Å². The quantitative estimate of drug-likeness (QED) is 0.683. The number of carbonyl (C=O) groups is 2. The molecule has 0 aromatic carbocycles. The Hall–Kier alpha value is -1.52. The summed E-state index contributed by atoms with van der Waals surface area (Å²) in [7, 11) is 0. The summed E-state index contributed by atoms with van der Waals surface area (Å²) in [5.74, 6) is -0.786. The van der Waals surface area contributed by atoms with Crippen molar-refractivity contribution in [1.29, 1.82) is 0 Å². The molecule has 1 saturated carbocycles. The average Bonchev–Trinajstić information content (AvgIpc) is 2.80. The van der Waals surface area contributed by atoms with Gasteiger partial charge in [0, 0.05) is 6.04 Å². The van der Waals surface area contributed by atoms with Crippen molar-refractivity contribution in [2.24, 2.45) is 11.8 Å². The Kier molecular flexibility index (Phi) is 4.45. The summed E-state index contributed by atoms with van der Waals surface area (Å²) < 4.78 is 0. The first kappa shape index (κ1) is 13.9. The van der Waals surface area contributed by atoms with Crippen LogP contribution in [0.3, 0.4) is 0 Å². The molecule has 5 nitrogen and oxygen atoms in total. The van der Waals surface area contributed by atoms with Crippen LogP contribution in [0.15, 0.2) is 12.2 Å². The van der Waals surface area contributed by atoms with E-state index in [2.05, 4.69) is 17.6 Å². The van der Waals surface area contributed by atoms with E-state index in [4.69, 9.17) is 5.11 Å². The highest BCUT2D eigenvalue weighted by atomic mass is 16.4. The maximum atomic E-state index is 11.9. The van der Waals surface area contributed by atoms with Crippen molar-refractivity contribution in [3.63, 3.8) is 0 Å². The predicted molar refractivity (Wildman–Crippen MR) is 71.8 cm³/mol. The summed E-state index contributed by atoms with van der Waals surface area (Å²) in [4.78, 5) is 22.7. The van der Waals surface area contributed by atoms with Crippen molar-refractivity contribution in [3.8, 4) is 0 Å². The van der Waals surface area contributed by atoms with E-state index in [1.165, 1.54) is 12.8 Å². The number of hydrogen-bond acceptors (Lipinski definition) is 2. The van der Waals surface area contributed by atoms with E-state index in [1.807, 2.05) is 0 Å². The van der Waals surface area contributed by atoms with Crippen molar-refractivity contribution in [2.75, 3.05) is 0 Å². The molecule has 0 aromatic rings. The first-order chi connectivity index (χ1) is 9.06. The normalized spacial score (nSPS) is 33.9. The van der Waals surface area contributed by atoms with E-state index < -0.39 is 11.9 Å². The zero-order valence-corrected chi connectivity index (χ0v) is 11.3. The molecule has 0 heterocycles. The first-order valence-electron chi connectivity index (χ1n) is 7.04. The largest absolute Gasteiger partial charge is 0.481 e. The van der Waals surface area contributed by atoms with Gasteiger partial charge in [-0.1, -0.05) is 31.9 Å². The van der Waals surface area contributed by atoms with Crippen LogP contribution < -0.4 is 10.6 Å². The van der Waals surface area contributed by atoms with Gasteiger partial charge in [0.15, 0.2) is 0 Å². The van der Waals surface area contributed by atoms with E-state index in [1.54, 1.807) is 12.2 Å². The van der Waals surface area contributed by atoms with Gasteiger partial charge < -0.3 is 15.7 Å². The van der Waals surface area contributed by atoms with Gasteiger partial charge in [-0.25, -0.2) is 4.79 Å². The van der Waals surface area contributed by atoms with Crippen LogP contribution in [-0.2, 0) is 4.79 Å². The second-order valence-corrected chi connectivity index (χ2v) is 5.66. The highest BCUT2D eigenvalue weighted by Crippen LogP contribution is 2.23. The molecule has 4 unspecified atom stereocenters. The highest BCUT2D eigenvalue weighted by molar-refractivity contribution is 5.76. The fraction of sp³-hybridized carbons (Fsp3) is 0.714. The Balaban J connectivity index is 1.76. The summed E-state index contributed by atoms with van der Waals surface area (Å²) in [6.07, 6.45) is 8.47. The second kappa shape index (κ2) is 6.08. The van der Waals surface area contributed by atoms with Crippen LogP contribution in [0.4, 0.5) is 4.79 Å². The summed E-state index contributed by atoms with van der Waals surface area (Å²) >= 11 is 0. The molecule has 5 heteroatoms. The van der Waals surface area contributed by atoms with Crippen LogP contribution in [-0.4, -0.2) is 29.2 Å². The Morgan fingerprint density at radius 3 is 2.53 bits per heavy atom. The minimum Gasteiger partial charge on any atom is -0.481 e. The molecule has 0 aromatic heterocycles. The summed E-state index contributed by atoms with van der Waals surface area (Å²) in [6.45, 7) is 2.17. The van der Waals surface area contributed by atoms with Crippen molar-refractivity contribution < 1.29 is 14.7 Å². The molecule has 4 atom stereocenters. The third kappa shape index (κ3) is 3.72. The second-order valence-electron chi connectivity index (χ2n) is 5.66. The standard InChI is InChI=1S/C14H22N2O3/c1-9-4-2-3-5-12(9)16-14(19)15-11-7-6-10(8-11)13(17)18/h6-7,9-12H,2-5,8H2,1H3,(H,17,18)(H2,15,16,19). The molecule has 106 valence electrons. The van der Waals surface area contributed by atoms with Crippen LogP contribution in [0, 0.1) is 11.8 Å². The van der Waals surface area contributed by atoms with Gasteiger partial charge in [0.05, 0.1) is 12.0 Å². The lowest BCUT2D eigenvalue weighted by atomic mass is 9.86. The Morgan fingerprint density at radius 1 is 1.16 bits per heavy atom. The van der Waals surface area contributed by atoms with Gasteiger partial charge >= 0.3 is 12.0 Å². The van der Waals surface area contributed by atoms with Gasteiger partial charge in [0.1, 0.15) is 0 Å². The monoisotopic (exact) mass is 266 g/mol. The topological polar surface area (TPSA) is 78.4 Å². The fourth-order valence-electron chi connectivity index (χ4n) is 2.90. The van der Waals surface area contributed by atoms with Gasteiger partial charge in [-0.3, -0.25) is 4.79 Å². The van der Waals surface area contributed by atoms with Crippen LogP contribution in [0.25, 0.3) is 0 Å². The molecule has 0 aliphatic heterocycles. The summed E-state index contributed by atoms with van der Waals surface area (Å²) in [5, 5.41) is 14.7. The molecule has 1 fully saturated rings. The summed E-state index contributed by atoms with van der Waals surface area (Å²) in [6, 6.07) is -0.103. The van der Waals surface area contributed by atoms with Gasteiger partial charge in [-0.05, 0) is 25.2 Å². The number of rotatable bonds is 3. The molecule has 2 aliphatic rings. The third-order valence-electron chi connectivity index (χ3n) is 4.15. The maximum Gasteiger partial charge on any atom is 0.315 e. The smallest absolute Gasteiger partial charge is 0.315 e. The number of hydrogen-bond donors (Lipinski definition) is 3. The lowest BCUT2D eigenvalue weighted by Crippen LogP contribution is -2.48. The first-order valence-corrected chi connectivity index (χ1v) is 7.04. The number of amides is 2. The van der Waals surface area contributed by atoms with Crippen LogP contribution in [0.5, 0.6) is 0 Å². The Morgan fingerprint density at radius 2 is 1.89 bits per heavy atom. The van der Waals surface area contributed by atoms with Gasteiger partial charge in [-0.15, -0.1) is 0 Å². The van der Waals surface area contributed by atoms with Crippen molar-refractivity contribution in [2.45, 2.75) is 51.1 Å². The van der Waals surface area contributed by atoms with Crippen LogP contribution in [0.1, 0.15) is 39.0 Å². The molecule has 0 saturated heterocycles. The molecule has 2 rings (SSSR count). The minimum atomic E-state index is -0.832. The summed E-state index contributed by atoms with van der Waals surface area (Å²) in [5.41, 5.74) is 0.